The van der Waals surface area contributed by atoms with Gasteiger partial charge in [0, 0.05) is 13.1 Å². The third-order valence-corrected chi connectivity index (χ3v) is 4.46. The first-order valence-electron chi connectivity index (χ1n) is 6.49. The predicted octanol–water partition coefficient (Wildman–Crippen LogP) is 3.13. The zero-order chi connectivity index (χ0) is 14.6. The van der Waals surface area contributed by atoms with E-state index in [-0.39, 0.29) is 16.7 Å². The largest absolute Gasteiger partial charge is 0.246 e. The molecule has 0 radical (unpaired) electrons. The van der Waals surface area contributed by atoms with Gasteiger partial charge < -0.3 is 0 Å². The lowest BCUT2D eigenvalue weighted by Gasteiger charge is -2.25. The van der Waals surface area contributed by atoms with Crippen molar-refractivity contribution in [3.63, 3.8) is 0 Å². The Hall–Kier alpha value is -0.940. The Bertz CT molecular complexity index is 502. The van der Waals surface area contributed by atoms with Crippen molar-refractivity contribution >= 4 is 10.0 Å². The average Bonchev–Trinajstić information content (AvgIpc) is 2.27. The number of rotatable bonds is 6. The summed E-state index contributed by atoms with van der Waals surface area (Å²) in [7, 11) is -3.76. The lowest BCUT2D eigenvalue weighted by Crippen LogP contribution is -2.37. The van der Waals surface area contributed by atoms with E-state index < -0.39 is 15.8 Å². The van der Waals surface area contributed by atoms with Crippen molar-refractivity contribution in [3.05, 3.63) is 30.1 Å². The zero-order valence-corrected chi connectivity index (χ0v) is 12.7. The maximum atomic E-state index is 13.7. The molecule has 0 bridgehead atoms. The Morgan fingerprint density at radius 1 is 1.05 bits per heavy atom. The molecular weight excluding hydrogens is 265 g/mol. The van der Waals surface area contributed by atoms with Crippen LogP contribution in [0, 0.1) is 17.7 Å². The second-order valence-corrected chi connectivity index (χ2v) is 7.45. The quantitative estimate of drug-likeness (QED) is 0.806. The van der Waals surface area contributed by atoms with E-state index in [4.69, 9.17) is 0 Å². The van der Waals surface area contributed by atoms with E-state index in [0.29, 0.717) is 13.1 Å². The van der Waals surface area contributed by atoms with E-state index in [1.165, 1.54) is 22.5 Å². The number of halogens is 1. The average molecular weight is 287 g/mol. The highest BCUT2D eigenvalue weighted by molar-refractivity contribution is 7.89. The van der Waals surface area contributed by atoms with E-state index >= 15 is 0 Å². The van der Waals surface area contributed by atoms with Crippen molar-refractivity contribution in [2.24, 2.45) is 11.8 Å². The smallest absolute Gasteiger partial charge is 0.207 e. The number of benzene rings is 1. The summed E-state index contributed by atoms with van der Waals surface area (Å²) in [6.07, 6.45) is 0. The van der Waals surface area contributed by atoms with Gasteiger partial charge in [-0.25, -0.2) is 12.8 Å². The van der Waals surface area contributed by atoms with Gasteiger partial charge in [-0.15, -0.1) is 0 Å². The van der Waals surface area contributed by atoms with Crippen LogP contribution in [0.25, 0.3) is 0 Å². The predicted molar refractivity (Wildman–Crippen MR) is 74.8 cm³/mol. The van der Waals surface area contributed by atoms with Gasteiger partial charge in [-0.05, 0) is 24.0 Å². The van der Waals surface area contributed by atoms with Gasteiger partial charge in [-0.2, -0.15) is 4.31 Å². The molecule has 0 aliphatic heterocycles. The lowest BCUT2D eigenvalue weighted by molar-refractivity contribution is 0.332. The summed E-state index contributed by atoms with van der Waals surface area (Å²) in [6.45, 7) is 8.59. The maximum absolute atomic E-state index is 13.7. The maximum Gasteiger partial charge on any atom is 0.246 e. The molecule has 0 saturated heterocycles. The summed E-state index contributed by atoms with van der Waals surface area (Å²) < 4.78 is 40.1. The van der Waals surface area contributed by atoms with Crippen molar-refractivity contribution in [3.8, 4) is 0 Å². The fourth-order valence-corrected chi connectivity index (χ4v) is 3.71. The van der Waals surface area contributed by atoms with Gasteiger partial charge in [-0.3, -0.25) is 0 Å². The molecule has 0 fully saturated rings. The molecule has 0 unspecified atom stereocenters. The minimum Gasteiger partial charge on any atom is -0.207 e. The Morgan fingerprint density at radius 3 is 1.95 bits per heavy atom. The molecule has 0 N–H and O–H groups in total. The summed E-state index contributed by atoms with van der Waals surface area (Å²) in [5.41, 5.74) is 0. The van der Waals surface area contributed by atoms with Crippen molar-refractivity contribution in [2.45, 2.75) is 32.6 Å². The molecule has 5 heteroatoms. The Morgan fingerprint density at radius 2 is 1.53 bits per heavy atom. The van der Waals surface area contributed by atoms with E-state index in [1.54, 1.807) is 6.07 Å². The first-order valence-corrected chi connectivity index (χ1v) is 7.93. The number of hydrogen-bond donors (Lipinski definition) is 0. The molecule has 0 saturated carbocycles. The molecule has 0 aromatic heterocycles. The number of nitrogens with zero attached hydrogens (tertiary/aromatic N) is 1. The van der Waals surface area contributed by atoms with Gasteiger partial charge in [0.05, 0.1) is 0 Å². The highest BCUT2D eigenvalue weighted by Gasteiger charge is 2.28. The summed E-state index contributed by atoms with van der Waals surface area (Å²) in [4.78, 5) is -0.240. The Labute approximate surface area is 115 Å². The minimum absolute atomic E-state index is 0.195. The Kier molecular flexibility index (Phi) is 5.50. The van der Waals surface area contributed by atoms with Crippen molar-refractivity contribution in [1.82, 2.24) is 4.31 Å². The SMILES string of the molecule is CC(C)CN(CC(C)C)S(=O)(=O)c1ccccc1F. The molecule has 108 valence electrons. The van der Waals surface area contributed by atoms with Crippen LogP contribution in [-0.2, 0) is 10.0 Å². The van der Waals surface area contributed by atoms with Crippen LogP contribution in [0.5, 0.6) is 0 Å². The van der Waals surface area contributed by atoms with Crippen LogP contribution in [0.4, 0.5) is 4.39 Å². The van der Waals surface area contributed by atoms with Crippen LogP contribution in [0.1, 0.15) is 27.7 Å². The first kappa shape index (κ1) is 16.1. The second-order valence-electron chi connectivity index (χ2n) is 5.54. The molecule has 1 aromatic rings. The van der Waals surface area contributed by atoms with Crippen LogP contribution in [0.15, 0.2) is 29.2 Å². The summed E-state index contributed by atoms with van der Waals surface area (Å²) in [5, 5.41) is 0. The van der Waals surface area contributed by atoms with Gasteiger partial charge in [0.1, 0.15) is 10.7 Å². The van der Waals surface area contributed by atoms with Crippen molar-refractivity contribution in [2.75, 3.05) is 13.1 Å². The molecule has 0 atom stereocenters. The van der Waals surface area contributed by atoms with Crippen LogP contribution >= 0.6 is 0 Å². The monoisotopic (exact) mass is 287 g/mol. The fraction of sp³-hybridized carbons (Fsp3) is 0.571. The fourth-order valence-electron chi connectivity index (χ4n) is 1.88. The highest BCUT2D eigenvalue weighted by atomic mass is 32.2. The van der Waals surface area contributed by atoms with Crippen LogP contribution < -0.4 is 0 Å². The van der Waals surface area contributed by atoms with Gasteiger partial charge in [0.2, 0.25) is 10.0 Å². The highest BCUT2D eigenvalue weighted by Crippen LogP contribution is 2.21. The van der Waals surface area contributed by atoms with Gasteiger partial charge in [0.25, 0.3) is 0 Å². The Balaban J connectivity index is 3.16. The lowest BCUT2D eigenvalue weighted by atomic mass is 10.2. The molecular formula is C14H22FNO2S. The zero-order valence-electron chi connectivity index (χ0n) is 11.9. The molecule has 3 nitrogen and oxygen atoms in total. The molecule has 0 aliphatic carbocycles. The van der Waals surface area contributed by atoms with Crippen molar-refractivity contribution < 1.29 is 12.8 Å². The molecule has 0 amide bonds. The second kappa shape index (κ2) is 6.48. The van der Waals surface area contributed by atoms with Gasteiger partial charge in [0.15, 0.2) is 0 Å². The summed E-state index contributed by atoms with van der Waals surface area (Å²) in [6, 6.07) is 5.52. The number of sulfonamides is 1. The van der Waals surface area contributed by atoms with Crippen LogP contribution in [0.2, 0.25) is 0 Å². The molecule has 0 aliphatic rings. The molecule has 1 rings (SSSR count). The third-order valence-electron chi connectivity index (χ3n) is 2.59. The van der Waals surface area contributed by atoms with Crippen LogP contribution in [-0.4, -0.2) is 25.8 Å². The topological polar surface area (TPSA) is 37.4 Å². The molecule has 19 heavy (non-hydrogen) atoms. The minimum atomic E-state index is -3.76. The number of hydrogen-bond acceptors (Lipinski definition) is 2. The molecule has 0 spiro atoms. The van der Waals surface area contributed by atoms with Gasteiger partial charge in [-0.1, -0.05) is 39.8 Å². The summed E-state index contributed by atoms with van der Waals surface area (Å²) >= 11 is 0. The molecule has 0 heterocycles. The van der Waals surface area contributed by atoms with Crippen LogP contribution in [0.3, 0.4) is 0 Å². The van der Waals surface area contributed by atoms with E-state index in [0.717, 1.165) is 0 Å². The standard InChI is InChI=1S/C14H22FNO2S/c1-11(2)9-16(10-12(3)4)19(17,18)14-8-6-5-7-13(14)15/h5-8,11-12H,9-10H2,1-4H3. The van der Waals surface area contributed by atoms with E-state index in [2.05, 4.69) is 0 Å². The first-order chi connectivity index (χ1) is 8.75. The van der Waals surface area contributed by atoms with E-state index in [9.17, 15) is 12.8 Å². The normalized spacial score (nSPS) is 12.6. The summed E-state index contributed by atoms with van der Waals surface area (Å²) in [5.74, 6) is -0.305. The van der Waals surface area contributed by atoms with E-state index in [1.807, 2.05) is 27.7 Å². The van der Waals surface area contributed by atoms with Crippen molar-refractivity contribution in [1.29, 1.82) is 0 Å². The van der Waals surface area contributed by atoms with Gasteiger partial charge >= 0.3 is 0 Å². The third kappa shape index (κ3) is 4.28. The molecule has 1 aromatic carbocycles.